The molecule has 4 rings (SSSR count). The lowest BCUT2D eigenvalue weighted by Gasteiger charge is -2.34. The van der Waals surface area contributed by atoms with Crippen molar-refractivity contribution in [3.05, 3.63) is 42.2 Å². The van der Waals surface area contributed by atoms with Crippen molar-refractivity contribution in [2.45, 2.75) is 25.8 Å². The zero-order valence-corrected chi connectivity index (χ0v) is 14.4. The van der Waals surface area contributed by atoms with E-state index in [4.69, 9.17) is 4.74 Å². The highest BCUT2D eigenvalue weighted by atomic mass is 16.5. The van der Waals surface area contributed by atoms with E-state index in [9.17, 15) is 0 Å². The number of ether oxygens (including phenoxy) is 1. The highest BCUT2D eigenvalue weighted by Crippen LogP contribution is 2.37. The molecule has 1 atom stereocenters. The third-order valence-corrected chi connectivity index (χ3v) is 5.51. The fourth-order valence-corrected chi connectivity index (χ4v) is 4.23. The summed E-state index contributed by atoms with van der Waals surface area (Å²) in [5.41, 5.74) is 2.91. The van der Waals surface area contributed by atoms with E-state index in [0.717, 1.165) is 18.0 Å². The van der Waals surface area contributed by atoms with E-state index in [1.807, 2.05) is 29.2 Å². The highest BCUT2D eigenvalue weighted by Gasteiger charge is 2.38. The zero-order chi connectivity index (χ0) is 16.4. The molecule has 0 aliphatic carbocycles. The van der Waals surface area contributed by atoms with Gasteiger partial charge < -0.3 is 10.1 Å². The Morgan fingerprint density at radius 1 is 1.33 bits per heavy atom. The fraction of sp³-hybridized carbons (Fsp3) is 0.526. The molecule has 1 aromatic carbocycles. The lowest BCUT2D eigenvalue weighted by atomic mass is 9.80. The highest BCUT2D eigenvalue weighted by molar-refractivity contribution is 5.45. The molecule has 0 radical (unpaired) electrons. The van der Waals surface area contributed by atoms with Crippen molar-refractivity contribution in [2.75, 3.05) is 33.3 Å². The second kappa shape index (κ2) is 6.57. The summed E-state index contributed by atoms with van der Waals surface area (Å²) in [6.45, 7) is 5.68. The number of hydrogen-bond acceptors (Lipinski definition) is 4. The van der Waals surface area contributed by atoms with Crippen molar-refractivity contribution in [3.63, 3.8) is 0 Å². The largest absolute Gasteiger partial charge is 0.497 e. The molecule has 1 N–H and O–H groups in total. The summed E-state index contributed by atoms with van der Waals surface area (Å²) < 4.78 is 7.39. The van der Waals surface area contributed by atoms with Gasteiger partial charge in [0.2, 0.25) is 0 Å². The minimum atomic E-state index is 0.489. The van der Waals surface area contributed by atoms with E-state index in [-0.39, 0.29) is 0 Å². The van der Waals surface area contributed by atoms with Crippen molar-refractivity contribution in [1.82, 2.24) is 20.0 Å². The number of nitrogens with one attached hydrogen (secondary N) is 1. The molecule has 128 valence electrons. The first-order chi connectivity index (χ1) is 11.8. The molecular weight excluding hydrogens is 300 g/mol. The fourth-order valence-electron chi connectivity index (χ4n) is 4.23. The van der Waals surface area contributed by atoms with E-state index in [0.29, 0.717) is 5.41 Å². The molecule has 2 fully saturated rings. The van der Waals surface area contributed by atoms with E-state index in [1.165, 1.54) is 51.0 Å². The number of piperidine rings is 1. The van der Waals surface area contributed by atoms with E-state index in [2.05, 4.69) is 27.4 Å². The number of hydrogen-bond donors (Lipinski definition) is 1. The predicted octanol–water partition coefficient (Wildman–Crippen LogP) is 2.46. The van der Waals surface area contributed by atoms with Crippen LogP contribution in [0.5, 0.6) is 5.75 Å². The molecule has 1 spiro atoms. The van der Waals surface area contributed by atoms with Crippen LogP contribution < -0.4 is 10.1 Å². The minimum absolute atomic E-state index is 0.489. The van der Waals surface area contributed by atoms with Crippen molar-refractivity contribution in [3.8, 4) is 11.4 Å². The van der Waals surface area contributed by atoms with Gasteiger partial charge >= 0.3 is 0 Å². The Hall–Kier alpha value is -1.85. The van der Waals surface area contributed by atoms with Crippen LogP contribution in [0.3, 0.4) is 0 Å². The first-order valence-corrected chi connectivity index (χ1v) is 8.88. The van der Waals surface area contributed by atoms with Gasteiger partial charge in [-0.3, -0.25) is 4.90 Å². The van der Waals surface area contributed by atoms with Gasteiger partial charge in [0.05, 0.1) is 12.8 Å². The maximum atomic E-state index is 5.44. The van der Waals surface area contributed by atoms with Gasteiger partial charge in [-0.25, -0.2) is 4.68 Å². The quantitative estimate of drug-likeness (QED) is 0.937. The normalized spacial score (nSPS) is 24.5. The Balaban J connectivity index is 1.55. The molecule has 0 saturated carbocycles. The summed E-state index contributed by atoms with van der Waals surface area (Å²) in [5.74, 6) is 0.911. The second-order valence-electron chi connectivity index (χ2n) is 7.19. The van der Waals surface area contributed by atoms with Gasteiger partial charge in [0, 0.05) is 32.0 Å². The Morgan fingerprint density at radius 3 is 3.04 bits per heavy atom. The number of benzene rings is 1. The SMILES string of the molecule is COc1ccc(-n2cccn2)c(CN2CC[C@@]3(CCCNC3)C2)c1. The number of rotatable bonds is 4. The average Bonchev–Trinajstić information content (AvgIpc) is 3.26. The summed E-state index contributed by atoms with van der Waals surface area (Å²) in [7, 11) is 1.73. The Bertz CT molecular complexity index is 677. The van der Waals surface area contributed by atoms with E-state index < -0.39 is 0 Å². The van der Waals surface area contributed by atoms with Crippen LogP contribution in [0.1, 0.15) is 24.8 Å². The lowest BCUT2D eigenvalue weighted by molar-refractivity contribution is 0.199. The van der Waals surface area contributed by atoms with Crippen molar-refractivity contribution in [2.24, 2.45) is 5.41 Å². The molecule has 0 bridgehead atoms. The van der Waals surface area contributed by atoms with Gasteiger partial charge in [0.1, 0.15) is 5.75 Å². The molecule has 2 aromatic rings. The molecule has 24 heavy (non-hydrogen) atoms. The molecule has 2 saturated heterocycles. The van der Waals surface area contributed by atoms with Crippen molar-refractivity contribution >= 4 is 0 Å². The number of nitrogens with zero attached hydrogens (tertiary/aromatic N) is 3. The third-order valence-electron chi connectivity index (χ3n) is 5.51. The molecule has 0 unspecified atom stereocenters. The van der Waals surface area contributed by atoms with E-state index in [1.54, 1.807) is 7.11 Å². The van der Waals surface area contributed by atoms with Crippen LogP contribution in [-0.4, -0.2) is 48.0 Å². The summed E-state index contributed by atoms with van der Waals surface area (Å²) in [6, 6.07) is 8.24. The smallest absolute Gasteiger partial charge is 0.119 e. The Labute approximate surface area is 143 Å². The average molecular weight is 326 g/mol. The monoisotopic (exact) mass is 326 g/mol. The van der Waals surface area contributed by atoms with Crippen LogP contribution in [0.2, 0.25) is 0 Å². The molecule has 1 aromatic heterocycles. The maximum absolute atomic E-state index is 5.44. The van der Waals surface area contributed by atoms with Gasteiger partial charge in [-0.15, -0.1) is 0 Å². The molecule has 0 amide bonds. The Kier molecular flexibility index (Phi) is 4.29. The number of likely N-dealkylation sites (tertiary alicyclic amines) is 1. The number of methoxy groups -OCH3 is 1. The molecule has 2 aliphatic rings. The summed E-state index contributed by atoms with van der Waals surface area (Å²) >= 11 is 0. The molecule has 3 heterocycles. The van der Waals surface area contributed by atoms with Gasteiger partial charge in [-0.1, -0.05) is 0 Å². The third kappa shape index (κ3) is 3.06. The molecule has 5 heteroatoms. The summed E-state index contributed by atoms with van der Waals surface area (Å²) in [5, 5.41) is 8.00. The van der Waals surface area contributed by atoms with Crippen LogP contribution in [0.15, 0.2) is 36.7 Å². The van der Waals surface area contributed by atoms with Crippen LogP contribution >= 0.6 is 0 Å². The van der Waals surface area contributed by atoms with Crippen LogP contribution in [0, 0.1) is 5.41 Å². The van der Waals surface area contributed by atoms with Crippen LogP contribution in [0.4, 0.5) is 0 Å². The molecule has 5 nitrogen and oxygen atoms in total. The summed E-state index contributed by atoms with van der Waals surface area (Å²) in [4.78, 5) is 2.59. The van der Waals surface area contributed by atoms with Gasteiger partial charge in [0.25, 0.3) is 0 Å². The zero-order valence-electron chi connectivity index (χ0n) is 14.4. The van der Waals surface area contributed by atoms with Gasteiger partial charge in [-0.2, -0.15) is 5.10 Å². The van der Waals surface area contributed by atoms with Crippen LogP contribution in [0.25, 0.3) is 5.69 Å². The van der Waals surface area contributed by atoms with Crippen molar-refractivity contribution < 1.29 is 4.74 Å². The maximum Gasteiger partial charge on any atom is 0.119 e. The predicted molar refractivity (Wildman–Crippen MR) is 94.5 cm³/mol. The van der Waals surface area contributed by atoms with E-state index >= 15 is 0 Å². The first-order valence-electron chi connectivity index (χ1n) is 8.88. The lowest BCUT2D eigenvalue weighted by Crippen LogP contribution is -2.41. The van der Waals surface area contributed by atoms with Crippen molar-refractivity contribution in [1.29, 1.82) is 0 Å². The molecular formula is C19H26N4O. The standard InChI is InChI=1S/C19H26N4O/c1-24-17-4-5-18(23-10-3-9-21-23)16(12-17)13-22-11-7-19(15-22)6-2-8-20-14-19/h3-5,9-10,12,20H,2,6-8,11,13-15H2,1H3/t19-/m1/s1. The van der Waals surface area contributed by atoms with Gasteiger partial charge in [0.15, 0.2) is 0 Å². The first kappa shape index (κ1) is 15.7. The van der Waals surface area contributed by atoms with Gasteiger partial charge in [-0.05, 0) is 67.6 Å². The second-order valence-corrected chi connectivity index (χ2v) is 7.19. The Morgan fingerprint density at radius 2 is 2.29 bits per heavy atom. The minimum Gasteiger partial charge on any atom is -0.497 e. The molecule has 2 aliphatic heterocycles. The van der Waals surface area contributed by atoms with Crippen LogP contribution in [-0.2, 0) is 6.54 Å². The number of aromatic nitrogens is 2. The topological polar surface area (TPSA) is 42.3 Å². The summed E-state index contributed by atoms with van der Waals surface area (Å²) in [6.07, 6.45) is 7.81.